The first-order chi connectivity index (χ1) is 17.7. The van der Waals surface area contributed by atoms with Crippen molar-refractivity contribution in [3.05, 3.63) is 113 Å². The molecule has 0 aromatic heterocycles. The fourth-order valence-electron chi connectivity index (χ4n) is 5.32. The van der Waals surface area contributed by atoms with Crippen molar-refractivity contribution in [3.8, 4) is 5.75 Å². The fraction of sp³-hybridized carbons (Fsp3) is 0.281. The lowest BCUT2D eigenvalue weighted by molar-refractivity contribution is -0.136. The lowest BCUT2D eigenvalue weighted by atomic mass is 9.83. The van der Waals surface area contributed by atoms with Crippen molar-refractivity contribution in [2.45, 2.75) is 44.1 Å². The van der Waals surface area contributed by atoms with Crippen LogP contribution in [0.25, 0.3) is 10.8 Å². The number of hydrogen-bond donors (Lipinski definition) is 2. The van der Waals surface area contributed by atoms with Crippen molar-refractivity contribution >= 4 is 16.7 Å². The third kappa shape index (κ3) is 5.77. The lowest BCUT2D eigenvalue weighted by Gasteiger charge is -2.33. The Morgan fingerprint density at radius 1 is 0.889 bits per heavy atom. The van der Waals surface area contributed by atoms with Gasteiger partial charge < -0.3 is 15.2 Å². The Balaban J connectivity index is 1.20. The number of nitrogens with one attached hydrogen (secondary N) is 1. The molecule has 2 atom stereocenters. The van der Waals surface area contributed by atoms with E-state index < -0.39 is 5.97 Å². The number of aryl methyl sites for hydroxylation is 1. The Morgan fingerprint density at radius 2 is 1.69 bits per heavy atom. The van der Waals surface area contributed by atoms with Gasteiger partial charge in [-0.25, -0.2) is 0 Å². The van der Waals surface area contributed by atoms with Crippen LogP contribution >= 0.6 is 0 Å². The summed E-state index contributed by atoms with van der Waals surface area (Å²) in [6, 6.07) is 31.8. The molecule has 0 saturated heterocycles. The number of aliphatic carboxylic acids is 1. The zero-order valence-corrected chi connectivity index (χ0v) is 20.5. The van der Waals surface area contributed by atoms with Crippen molar-refractivity contribution in [2.75, 3.05) is 13.1 Å². The van der Waals surface area contributed by atoms with E-state index in [1.807, 2.05) is 12.1 Å². The first kappa shape index (κ1) is 24.1. The van der Waals surface area contributed by atoms with Gasteiger partial charge in [0, 0.05) is 17.9 Å². The molecular formula is C32H33NO3. The van der Waals surface area contributed by atoms with Gasteiger partial charge in [-0.3, -0.25) is 4.79 Å². The van der Waals surface area contributed by atoms with E-state index in [4.69, 9.17) is 9.84 Å². The molecule has 0 radical (unpaired) electrons. The van der Waals surface area contributed by atoms with Gasteiger partial charge in [0.05, 0.1) is 0 Å². The SMILES string of the molecule is O=C(O)CCc1cccc(C2CC(CCNCCc3cccc4ccccc34)Oc3ccccc32)c1. The highest BCUT2D eigenvalue weighted by molar-refractivity contribution is 5.85. The second-order valence-electron chi connectivity index (χ2n) is 9.63. The van der Waals surface area contributed by atoms with Crippen LogP contribution in [0.2, 0.25) is 0 Å². The summed E-state index contributed by atoms with van der Waals surface area (Å²) in [5.74, 6) is 0.454. The summed E-state index contributed by atoms with van der Waals surface area (Å²) in [7, 11) is 0. The Morgan fingerprint density at radius 3 is 2.61 bits per heavy atom. The van der Waals surface area contributed by atoms with Crippen LogP contribution in [0.4, 0.5) is 0 Å². The topological polar surface area (TPSA) is 58.6 Å². The number of benzene rings is 4. The van der Waals surface area contributed by atoms with Gasteiger partial charge in [-0.15, -0.1) is 0 Å². The molecule has 0 amide bonds. The molecule has 0 saturated carbocycles. The summed E-state index contributed by atoms with van der Waals surface area (Å²) in [6.07, 6.45) is 3.71. The molecule has 2 unspecified atom stereocenters. The first-order valence-corrected chi connectivity index (χ1v) is 12.9. The molecule has 4 aromatic carbocycles. The molecule has 0 spiro atoms. The van der Waals surface area contributed by atoms with Gasteiger partial charge in [0.2, 0.25) is 0 Å². The molecule has 0 aliphatic carbocycles. The number of para-hydroxylation sites is 1. The molecular weight excluding hydrogens is 446 g/mol. The Hall–Kier alpha value is -3.63. The van der Waals surface area contributed by atoms with Crippen molar-refractivity contribution in [1.29, 1.82) is 0 Å². The van der Waals surface area contributed by atoms with Crippen molar-refractivity contribution in [1.82, 2.24) is 5.32 Å². The summed E-state index contributed by atoms with van der Waals surface area (Å²) < 4.78 is 6.40. The molecule has 1 aliphatic rings. The first-order valence-electron chi connectivity index (χ1n) is 12.9. The van der Waals surface area contributed by atoms with E-state index in [9.17, 15) is 4.79 Å². The minimum Gasteiger partial charge on any atom is -0.490 e. The van der Waals surface area contributed by atoms with Gasteiger partial charge in [0.15, 0.2) is 0 Å². The molecule has 4 aromatic rings. The largest absolute Gasteiger partial charge is 0.490 e. The standard InChI is InChI=1S/C32H33NO3/c34-32(35)16-15-23-7-5-11-26(21-23)30-22-27(36-31-14-4-3-13-29(30)31)18-20-33-19-17-25-10-6-9-24-8-1-2-12-28(24)25/h1-14,21,27,30,33H,15-20,22H2,(H,34,35). The molecule has 5 rings (SSSR count). The van der Waals surface area contributed by atoms with Crippen LogP contribution in [-0.4, -0.2) is 30.3 Å². The quantitative estimate of drug-likeness (QED) is 0.260. The van der Waals surface area contributed by atoms with E-state index in [0.717, 1.165) is 43.7 Å². The van der Waals surface area contributed by atoms with E-state index in [1.54, 1.807) is 0 Å². The third-order valence-corrected chi connectivity index (χ3v) is 7.16. The molecule has 2 N–H and O–H groups in total. The fourth-order valence-corrected chi connectivity index (χ4v) is 5.32. The highest BCUT2D eigenvalue weighted by Gasteiger charge is 2.29. The van der Waals surface area contributed by atoms with Crippen LogP contribution in [0.3, 0.4) is 0 Å². The number of hydrogen-bond acceptors (Lipinski definition) is 3. The minimum absolute atomic E-state index is 0.137. The summed E-state index contributed by atoms with van der Waals surface area (Å²) in [5, 5.41) is 15.3. The summed E-state index contributed by atoms with van der Waals surface area (Å²) in [6.45, 7) is 1.84. The second kappa shape index (κ2) is 11.4. The normalized spacial score (nSPS) is 16.9. The number of rotatable bonds is 10. The average molecular weight is 480 g/mol. The molecule has 184 valence electrons. The molecule has 0 fully saturated rings. The number of fused-ring (bicyclic) bond motifs is 2. The van der Waals surface area contributed by atoms with Crippen LogP contribution in [-0.2, 0) is 17.6 Å². The third-order valence-electron chi connectivity index (χ3n) is 7.16. The Kier molecular flexibility index (Phi) is 7.63. The van der Waals surface area contributed by atoms with Gasteiger partial charge in [0.25, 0.3) is 0 Å². The Labute approximate surface area is 212 Å². The van der Waals surface area contributed by atoms with E-state index in [2.05, 4.69) is 84.2 Å². The highest BCUT2D eigenvalue weighted by atomic mass is 16.5. The van der Waals surface area contributed by atoms with E-state index in [-0.39, 0.29) is 18.4 Å². The van der Waals surface area contributed by atoms with Crippen molar-refractivity contribution in [2.24, 2.45) is 0 Å². The number of ether oxygens (including phenoxy) is 1. The predicted octanol–water partition coefficient (Wildman–Crippen LogP) is 6.36. The van der Waals surface area contributed by atoms with Gasteiger partial charge in [-0.1, -0.05) is 84.9 Å². The molecule has 4 heteroatoms. The average Bonchev–Trinajstić information content (AvgIpc) is 2.91. The molecule has 4 nitrogen and oxygen atoms in total. The molecule has 0 bridgehead atoms. The van der Waals surface area contributed by atoms with Crippen LogP contribution in [0.15, 0.2) is 91.0 Å². The lowest BCUT2D eigenvalue weighted by Crippen LogP contribution is -2.30. The van der Waals surface area contributed by atoms with E-state index in [0.29, 0.717) is 6.42 Å². The van der Waals surface area contributed by atoms with Crippen molar-refractivity contribution in [3.63, 3.8) is 0 Å². The van der Waals surface area contributed by atoms with Crippen LogP contribution in [0.1, 0.15) is 47.4 Å². The minimum atomic E-state index is -0.759. The van der Waals surface area contributed by atoms with Crippen molar-refractivity contribution < 1.29 is 14.6 Å². The van der Waals surface area contributed by atoms with Crippen LogP contribution < -0.4 is 10.1 Å². The smallest absolute Gasteiger partial charge is 0.303 e. The number of carboxylic acid groups (broad SMARTS) is 1. The maximum Gasteiger partial charge on any atom is 0.303 e. The maximum absolute atomic E-state index is 11.0. The molecule has 36 heavy (non-hydrogen) atoms. The van der Waals surface area contributed by atoms with Gasteiger partial charge in [0.1, 0.15) is 11.9 Å². The van der Waals surface area contributed by atoms with Gasteiger partial charge in [-0.05, 0) is 72.3 Å². The molecule has 1 heterocycles. The Bertz CT molecular complexity index is 1330. The predicted molar refractivity (Wildman–Crippen MR) is 145 cm³/mol. The monoisotopic (exact) mass is 479 g/mol. The molecule has 1 aliphatic heterocycles. The number of carbonyl (C=O) groups is 1. The van der Waals surface area contributed by atoms with E-state index >= 15 is 0 Å². The van der Waals surface area contributed by atoms with Crippen LogP contribution in [0, 0.1) is 0 Å². The van der Waals surface area contributed by atoms with Crippen LogP contribution in [0.5, 0.6) is 5.75 Å². The van der Waals surface area contributed by atoms with E-state index in [1.165, 1.54) is 27.5 Å². The summed E-state index contributed by atoms with van der Waals surface area (Å²) in [4.78, 5) is 11.0. The summed E-state index contributed by atoms with van der Waals surface area (Å²) >= 11 is 0. The maximum atomic E-state index is 11.0. The second-order valence-corrected chi connectivity index (χ2v) is 9.63. The number of carboxylic acids is 1. The van der Waals surface area contributed by atoms with Gasteiger partial charge in [-0.2, -0.15) is 0 Å². The zero-order chi connectivity index (χ0) is 24.7. The highest BCUT2D eigenvalue weighted by Crippen LogP contribution is 2.41. The zero-order valence-electron chi connectivity index (χ0n) is 20.5. The summed E-state index contributed by atoms with van der Waals surface area (Å²) in [5.41, 5.74) is 4.91. The van der Waals surface area contributed by atoms with Gasteiger partial charge >= 0.3 is 5.97 Å².